The first-order valence-electron chi connectivity index (χ1n) is 11.1. The lowest BCUT2D eigenvalue weighted by atomic mass is 9.90. The maximum atomic E-state index is 13.0. The number of aromatic nitrogens is 1. The van der Waals surface area contributed by atoms with Crippen LogP contribution >= 0.6 is 0 Å². The van der Waals surface area contributed by atoms with Crippen LogP contribution in [0.2, 0.25) is 0 Å². The van der Waals surface area contributed by atoms with Crippen LogP contribution in [-0.4, -0.2) is 72.9 Å². The molecule has 0 radical (unpaired) electrons. The van der Waals surface area contributed by atoms with E-state index in [1.165, 1.54) is 10.6 Å². The molecule has 4 heterocycles. The highest BCUT2D eigenvalue weighted by molar-refractivity contribution is 7.88. The highest BCUT2D eigenvalue weighted by Gasteiger charge is 2.55. The Labute approximate surface area is 187 Å². The molecule has 2 atom stereocenters. The second-order valence-electron chi connectivity index (χ2n) is 9.35. The maximum absolute atomic E-state index is 13.0. The van der Waals surface area contributed by atoms with Crippen LogP contribution in [0.4, 0.5) is 0 Å². The van der Waals surface area contributed by atoms with Gasteiger partial charge in [0.2, 0.25) is 15.9 Å². The molecule has 1 N–H and O–H groups in total. The Balaban J connectivity index is 1.13. The van der Waals surface area contributed by atoms with E-state index >= 15 is 0 Å². The molecule has 3 aliphatic rings. The highest BCUT2D eigenvalue weighted by atomic mass is 32.2. The predicted octanol–water partition coefficient (Wildman–Crippen LogP) is 1.61. The summed E-state index contributed by atoms with van der Waals surface area (Å²) in [5.74, 6) is 0.398. The molecule has 172 valence electrons. The summed E-state index contributed by atoms with van der Waals surface area (Å²) in [7, 11) is -3.37. The number of carbonyl (C=O) groups excluding carboxylic acids is 2. The summed E-state index contributed by atoms with van der Waals surface area (Å²) in [6, 6.07) is 2.98. The van der Waals surface area contributed by atoms with Crippen LogP contribution < -0.4 is 5.32 Å². The van der Waals surface area contributed by atoms with Crippen molar-refractivity contribution in [1.29, 1.82) is 0 Å². The lowest BCUT2D eigenvalue weighted by Crippen LogP contribution is -2.50. The standard InChI is InChI=1S/C22H28N4O5S/c1-32(29,30)26-8-2-3-17(26)21(28)25-9-5-22(6-10-25)12-16(22)13-24-20(27)18-11-15-4-7-23-14-19(15)31-18/h4,7,11,14,16-17H,2-3,5-6,8-10,12-13H2,1H3,(H,24,27). The minimum absolute atomic E-state index is 0.0624. The smallest absolute Gasteiger partial charge is 0.287 e. The number of piperidine rings is 1. The van der Waals surface area contributed by atoms with Gasteiger partial charge in [-0.2, -0.15) is 4.31 Å². The second-order valence-corrected chi connectivity index (χ2v) is 11.3. The number of rotatable bonds is 5. The van der Waals surface area contributed by atoms with Gasteiger partial charge < -0.3 is 14.6 Å². The van der Waals surface area contributed by atoms with Crippen molar-refractivity contribution in [2.45, 2.75) is 38.1 Å². The molecular formula is C22H28N4O5S. The van der Waals surface area contributed by atoms with Crippen molar-refractivity contribution in [2.75, 3.05) is 32.4 Å². The fourth-order valence-corrected chi connectivity index (χ4v) is 6.52. The molecule has 2 aliphatic heterocycles. The van der Waals surface area contributed by atoms with Crippen molar-refractivity contribution in [2.24, 2.45) is 11.3 Å². The molecule has 5 rings (SSSR count). The number of hydrogen-bond donors (Lipinski definition) is 1. The first-order chi connectivity index (χ1) is 15.3. The first kappa shape index (κ1) is 21.4. The summed E-state index contributed by atoms with van der Waals surface area (Å²) in [5, 5.41) is 3.84. The fraction of sp³-hybridized carbons (Fsp3) is 0.591. The minimum atomic E-state index is -3.37. The third kappa shape index (κ3) is 3.90. The summed E-state index contributed by atoms with van der Waals surface area (Å²) in [6.45, 7) is 2.31. The summed E-state index contributed by atoms with van der Waals surface area (Å²) in [6.07, 6.45) is 8.58. The third-order valence-electron chi connectivity index (χ3n) is 7.40. The maximum Gasteiger partial charge on any atom is 0.287 e. The molecule has 3 fully saturated rings. The Morgan fingerprint density at radius 2 is 2.06 bits per heavy atom. The average Bonchev–Trinajstić information content (AvgIpc) is 3.16. The Kier molecular flexibility index (Phi) is 5.24. The van der Waals surface area contributed by atoms with Gasteiger partial charge in [-0.1, -0.05) is 0 Å². The van der Waals surface area contributed by atoms with Gasteiger partial charge in [0.25, 0.3) is 5.91 Å². The molecule has 0 bridgehead atoms. The first-order valence-corrected chi connectivity index (χ1v) is 13.0. The lowest BCUT2D eigenvalue weighted by Gasteiger charge is -2.36. The van der Waals surface area contributed by atoms with Gasteiger partial charge in [-0.3, -0.25) is 14.6 Å². The number of hydrogen-bond acceptors (Lipinski definition) is 6. The SMILES string of the molecule is CS(=O)(=O)N1CCCC1C(=O)N1CCC2(CC1)CC2CNC(=O)c1cc2ccncc2o1. The number of furan rings is 1. The largest absolute Gasteiger partial charge is 0.449 e. The Morgan fingerprint density at radius 3 is 2.78 bits per heavy atom. The molecule has 2 saturated heterocycles. The van der Waals surface area contributed by atoms with Crippen molar-refractivity contribution in [3.05, 3.63) is 30.3 Å². The molecule has 1 spiro atoms. The van der Waals surface area contributed by atoms with Crippen LogP contribution in [0.5, 0.6) is 0 Å². The van der Waals surface area contributed by atoms with Crippen LogP contribution in [-0.2, 0) is 14.8 Å². The summed E-state index contributed by atoms with van der Waals surface area (Å²) in [4.78, 5) is 31.3. The monoisotopic (exact) mass is 460 g/mol. The van der Waals surface area contributed by atoms with Crippen LogP contribution in [0.1, 0.15) is 42.7 Å². The normalized spacial score (nSPS) is 25.3. The quantitative estimate of drug-likeness (QED) is 0.725. The molecule has 2 unspecified atom stereocenters. The number of nitrogens with one attached hydrogen (secondary N) is 1. The van der Waals surface area contributed by atoms with Crippen molar-refractivity contribution in [3.63, 3.8) is 0 Å². The molecule has 0 aromatic carbocycles. The van der Waals surface area contributed by atoms with Gasteiger partial charge in [0.1, 0.15) is 6.04 Å². The number of pyridine rings is 1. The van der Waals surface area contributed by atoms with Gasteiger partial charge in [-0.05, 0) is 55.6 Å². The number of fused-ring (bicyclic) bond motifs is 1. The second kappa shape index (κ2) is 7.84. The Bertz CT molecular complexity index is 1120. The lowest BCUT2D eigenvalue weighted by molar-refractivity contribution is -0.136. The number of nitrogens with zero attached hydrogens (tertiary/aromatic N) is 3. The number of amides is 2. The molecule has 2 amide bonds. The minimum Gasteiger partial charge on any atom is -0.449 e. The van der Waals surface area contributed by atoms with E-state index in [1.54, 1.807) is 24.5 Å². The predicted molar refractivity (Wildman–Crippen MR) is 117 cm³/mol. The van der Waals surface area contributed by atoms with E-state index in [2.05, 4.69) is 10.3 Å². The molecular weight excluding hydrogens is 432 g/mol. The van der Waals surface area contributed by atoms with Gasteiger partial charge in [0.15, 0.2) is 11.3 Å². The van der Waals surface area contributed by atoms with Gasteiger partial charge >= 0.3 is 0 Å². The molecule has 2 aromatic heterocycles. The third-order valence-corrected chi connectivity index (χ3v) is 8.69. The van der Waals surface area contributed by atoms with E-state index in [9.17, 15) is 18.0 Å². The number of sulfonamides is 1. The van der Waals surface area contributed by atoms with Crippen LogP contribution in [0, 0.1) is 11.3 Å². The molecule has 1 saturated carbocycles. The molecule has 10 heteroatoms. The molecule has 2 aromatic rings. The van der Waals surface area contributed by atoms with Crippen molar-refractivity contribution >= 4 is 32.8 Å². The Hall–Kier alpha value is -2.46. The highest BCUT2D eigenvalue weighted by Crippen LogP contribution is 2.59. The molecule has 1 aliphatic carbocycles. The van der Waals surface area contributed by atoms with Crippen LogP contribution in [0.25, 0.3) is 11.0 Å². The number of likely N-dealkylation sites (tertiary alicyclic amines) is 1. The van der Waals surface area contributed by atoms with Gasteiger partial charge in [-0.25, -0.2) is 8.42 Å². The van der Waals surface area contributed by atoms with Crippen molar-refractivity contribution in [1.82, 2.24) is 19.5 Å². The van der Waals surface area contributed by atoms with E-state index in [0.717, 1.165) is 31.1 Å². The molecule has 32 heavy (non-hydrogen) atoms. The summed E-state index contributed by atoms with van der Waals surface area (Å²) < 4.78 is 30.9. The zero-order valence-electron chi connectivity index (χ0n) is 18.1. The van der Waals surface area contributed by atoms with Gasteiger partial charge in [-0.15, -0.1) is 0 Å². The molecule has 9 nitrogen and oxygen atoms in total. The number of carbonyl (C=O) groups is 2. The Morgan fingerprint density at radius 1 is 1.28 bits per heavy atom. The zero-order valence-corrected chi connectivity index (χ0v) is 18.9. The van der Waals surface area contributed by atoms with E-state index in [4.69, 9.17) is 4.42 Å². The van der Waals surface area contributed by atoms with E-state index in [1.807, 2.05) is 4.90 Å². The van der Waals surface area contributed by atoms with Crippen molar-refractivity contribution < 1.29 is 22.4 Å². The van der Waals surface area contributed by atoms with E-state index in [-0.39, 0.29) is 23.0 Å². The fourth-order valence-electron chi connectivity index (χ4n) is 5.40. The van der Waals surface area contributed by atoms with E-state index < -0.39 is 16.1 Å². The average molecular weight is 461 g/mol. The van der Waals surface area contributed by atoms with Gasteiger partial charge in [0.05, 0.1) is 12.5 Å². The summed E-state index contributed by atoms with van der Waals surface area (Å²) in [5.41, 5.74) is 0.767. The van der Waals surface area contributed by atoms with E-state index in [0.29, 0.717) is 44.1 Å². The van der Waals surface area contributed by atoms with Crippen molar-refractivity contribution in [3.8, 4) is 0 Å². The summed E-state index contributed by atoms with van der Waals surface area (Å²) >= 11 is 0. The zero-order chi connectivity index (χ0) is 22.5. The topological polar surface area (TPSA) is 113 Å². The van der Waals surface area contributed by atoms with Gasteiger partial charge in [0, 0.05) is 37.8 Å². The van der Waals surface area contributed by atoms with Crippen LogP contribution in [0.15, 0.2) is 28.9 Å². The van der Waals surface area contributed by atoms with Crippen LogP contribution in [0.3, 0.4) is 0 Å².